The molecule has 2 heterocycles. The fourth-order valence-corrected chi connectivity index (χ4v) is 4.21. The molecule has 0 bridgehead atoms. The van der Waals surface area contributed by atoms with Crippen molar-refractivity contribution < 1.29 is 0 Å². The number of benzene rings is 3. The Morgan fingerprint density at radius 3 is 1.94 bits per heavy atom. The van der Waals surface area contributed by atoms with Crippen LogP contribution in [0.2, 0.25) is 0 Å². The molecular formula is C29H32N4. The van der Waals surface area contributed by atoms with Crippen LogP contribution in [-0.4, -0.2) is 19.9 Å². The minimum atomic E-state index is 0.0389. The van der Waals surface area contributed by atoms with Gasteiger partial charge in [-0.25, -0.2) is 9.97 Å². The molecule has 0 aliphatic carbocycles. The number of aromatic nitrogens is 4. The smallest absolute Gasteiger partial charge is 0.138 e. The van der Waals surface area contributed by atoms with Crippen LogP contribution >= 0.6 is 0 Å². The Bertz CT molecular complexity index is 1420. The maximum Gasteiger partial charge on any atom is 0.138 e. The number of imidazole rings is 2. The lowest BCUT2D eigenvalue weighted by atomic mass is 9.90. The topological polar surface area (TPSA) is 57.4 Å². The Kier molecular flexibility index (Phi) is 5.32. The van der Waals surface area contributed by atoms with Crippen molar-refractivity contribution in [3.63, 3.8) is 0 Å². The monoisotopic (exact) mass is 436 g/mol. The maximum absolute atomic E-state index is 4.83. The van der Waals surface area contributed by atoms with Gasteiger partial charge < -0.3 is 9.97 Å². The van der Waals surface area contributed by atoms with Crippen molar-refractivity contribution in [1.82, 2.24) is 19.9 Å². The second-order valence-corrected chi connectivity index (χ2v) is 9.80. The summed E-state index contributed by atoms with van der Waals surface area (Å²) in [5.41, 5.74) is 8.99. The summed E-state index contributed by atoms with van der Waals surface area (Å²) in [4.78, 5) is 16.7. The van der Waals surface area contributed by atoms with Gasteiger partial charge in [0.2, 0.25) is 0 Å². The van der Waals surface area contributed by atoms with Crippen molar-refractivity contribution in [2.45, 2.75) is 58.8 Å². The molecular weight excluding hydrogens is 404 g/mol. The molecule has 0 fully saturated rings. The average Bonchev–Trinajstić information content (AvgIpc) is 3.47. The van der Waals surface area contributed by atoms with E-state index >= 15 is 0 Å². The number of fused-ring (bicyclic) bond motifs is 2. The normalized spacial score (nSPS) is 13.1. The van der Waals surface area contributed by atoms with Crippen molar-refractivity contribution in [3.05, 3.63) is 72.1 Å². The lowest BCUT2D eigenvalue weighted by molar-refractivity contribution is 0.479. The Hall–Kier alpha value is -3.40. The Labute approximate surface area is 195 Å². The van der Waals surface area contributed by atoms with Crippen LogP contribution < -0.4 is 0 Å². The molecule has 33 heavy (non-hydrogen) atoms. The largest absolute Gasteiger partial charge is 0.342 e. The maximum atomic E-state index is 4.83. The highest BCUT2D eigenvalue weighted by atomic mass is 14.9. The molecule has 1 atom stereocenters. The molecule has 0 aliphatic heterocycles. The minimum Gasteiger partial charge on any atom is -0.342 e. The van der Waals surface area contributed by atoms with Gasteiger partial charge in [0.15, 0.2) is 0 Å². The van der Waals surface area contributed by atoms with Gasteiger partial charge in [0.1, 0.15) is 11.6 Å². The summed E-state index contributed by atoms with van der Waals surface area (Å²) in [6.45, 7) is 11.2. The minimum absolute atomic E-state index is 0.0389. The third-order valence-corrected chi connectivity index (χ3v) is 7.19. The number of hydrogen-bond donors (Lipinski definition) is 2. The van der Waals surface area contributed by atoms with E-state index in [2.05, 4.69) is 105 Å². The highest BCUT2D eigenvalue weighted by Crippen LogP contribution is 2.31. The molecule has 0 aliphatic rings. The van der Waals surface area contributed by atoms with Crippen molar-refractivity contribution in [2.24, 2.45) is 0 Å². The van der Waals surface area contributed by atoms with Gasteiger partial charge in [0.25, 0.3) is 0 Å². The summed E-state index contributed by atoms with van der Waals surface area (Å²) in [6.07, 6.45) is 2.19. The molecule has 3 aromatic carbocycles. The number of rotatable bonds is 6. The molecule has 1 unspecified atom stereocenters. The average molecular weight is 437 g/mol. The van der Waals surface area contributed by atoms with E-state index in [9.17, 15) is 0 Å². The summed E-state index contributed by atoms with van der Waals surface area (Å²) in [6, 6.07) is 21.7. The second-order valence-electron chi connectivity index (χ2n) is 9.80. The van der Waals surface area contributed by atoms with Crippen molar-refractivity contribution in [3.8, 4) is 22.5 Å². The van der Waals surface area contributed by atoms with Crippen LogP contribution in [0.4, 0.5) is 0 Å². The van der Waals surface area contributed by atoms with Crippen molar-refractivity contribution >= 4 is 22.1 Å². The van der Waals surface area contributed by atoms with Crippen LogP contribution in [0.15, 0.2) is 60.7 Å². The highest BCUT2D eigenvalue weighted by Gasteiger charge is 2.22. The van der Waals surface area contributed by atoms with E-state index in [-0.39, 0.29) is 5.41 Å². The molecule has 5 aromatic rings. The summed E-state index contributed by atoms with van der Waals surface area (Å²) < 4.78 is 0. The van der Waals surface area contributed by atoms with Gasteiger partial charge in [0.05, 0.1) is 22.1 Å². The van der Waals surface area contributed by atoms with E-state index < -0.39 is 0 Å². The first-order valence-corrected chi connectivity index (χ1v) is 12.0. The summed E-state index contributed by atoms with van der Waals surface area (Å²) >= 11 is 0. The van der Waals surface area contributed by atoms with Gasteiger partial charge >= 0.3 is 0 Å². The first-order chi connectivity index (χ1) is 15.9. The van der Waals surface area contributed by atoms with Crippen molar-refractivity contribution in [1.29, 1.82) is 0 Å². The Morgan fingerprint density at radius 2 is 1.33 bits per heavy atom. The molecule has 168 valence electrons. The number of H-pyrrole nitrogens is 2. The van der Waals surface area contributed by atoms with Gasteiger partial charge in [-0.3, -0.25) is 0 Å². The van der Waals surface area contributed by atoms with E-state index in [1.807, 2.05) is 0 Å². The van der Waals surface area contributed by atoms with Gasteiger partial charge in [0, 0.05) is 11.0 Å². The zero-order valence-corrected chi connectivity index (χ0v) is 20.2. The van der Waals surface area contributed by atoms with Crippen molar-refractivity contribution in [2.75, 3.05) is 0 Å². The second kappa shape index (κ2) is 8.18. The predicted octanol–water partition coefficient (Wildman–Crippen LogP) is 7.97. The van der Waals surface area contributed by atoms with Gasteiger partial charge in [-0.15, -0.1) is 0 Å². The fourth-order valence-electron chi connectivity index (χ4n) is 4.21. The standard InChI is InChI=1S/C29H32N4/c1-6-18(3)19-8-10-20(11-9-19)27-30-23-14-12-21(16-25(23)31-27)22-13-15-24-26(17-22)33-28(32-24)29(4,5)7-2/h8-18H,6-7H2,1-5H3,(H,30,31)(H,32,33). The lowest BCUT2D eigenvalue weighted by Crippen LogP contribution is -2.17. The highest BCUT2D eigenvalue weighted by molar-refractivity contribution is 5.87. The van der Waals surface area contributed by atoms with E-state index in [0.717, 1.165) is 57.7 Å². The van der Waals surface area contributed by atoms with Gasteiger partial charge in [-0.05, 0) is 59.7 Å². The molecule has 0 saturated heterocycles. The van der Waals surface area contributed by atoms with E-state index in [1.54, 1.807) is 0 Å². The molecule has 4 heteroatoms. The van der Waals surface area contributed by atoms with Crippen LogP contribution in [0.5, 0.6) is 0 Å². The third kappa shape index (κ3) is 3.95. The molecule has 5 rings (SSSR count). The molecule has 2 N–H and O–H groups in total. The molecule has 4 nitrogen and oxygen atoms in total. The lowest BCUT2D eigenvalue weighted by Gasteiger charge is -2.18. The molecule has 0 amide bonds. The van der Waals surface area contributed by atoms with Crippen LogP contribution in [0.1, 0.15) is 64.8 Å². The molecule has 2 aromatic heterocycles. The third-order valence-electron chi connectivity index (χ3n) is 7.19. The van der Waals surface area contributed by atoms with Crippen LogP contribution in [0.25, 0.3) is 44.6 Å². The van der Waals surface area contributed by atoms with Crippen LogP contribution in [-0.2, 0) is 5.41 Å². The quantitative estimate of drug-likeness (QED) is 0.283. The van der Waals surface area contributed by atoms with Gasteiger partial charge in [-0.1, -0.05) is 71.0 Å². The zero-order chi connectivity index (χ0) is 23.2. The predicted molar refractivity (Wildman–Crippen MR) is 139 cm³/mol. The molecule has 0 spiro atoms. The number of nitrogens with zero attached hydrogens (tertiary/aromatic N) is 2. The van der Waals surface area contributed by atoms with Crippen LogP contribution in [0, 0.1) is 0 Å². The molecule has 0 saturated carbocycles. The van der Waals surface area contributed by atoms with E-state index in [0.29, 0.717) is 5.92 Å². The number of aromatic amines is 2. The molecule has 0 radical (unpaired) electrons. The first kappa shape index (κ1) is 21.4. The number of hydrogen-bond acceptors (Lipinski definition) is 2. The van der Waals surface area contributed by atoms with E-state index in [1.165, 1.54) is 11.1 Å². The zero-order valence-electron chi connectivity index (χ0n) is 20.2. The summed E-state index contributed by atoms with van der Waals surface area (Å²) in [7, 11) is 0. The summed E-state index contributed by atoms with van der Waals surface area (Å²) in [5, 5.41) is 0. The number of nitrogens with one attached hydrogen (secondary N) is 2. The fraction of sp³-hybridized carbons (Fsp3) is 0.310. The van der Waals surface area contributed by atoms with Gasteiger partial charge in [-0.2, -0.15) is 0 Å². The summed E-state index contributed by atoms with van der Waals surface area (Å²) in [5.74, 6) is 2.53. The first-order valence-electron chi connectivity index (χ1n) is 12.0. The van der Waals surface area contributed by atoms with Crippen LogP contribution in [0.3, 0.4) is 0 Å². The SMILES string of the molecule is CCC(C)c1ccc(-c2nc3ccc(-c4ccc5nc(C(C)(C)CC)[nH]c5c4)cc3[nH]2)cc1. The van der Waals surface area contributed by atoms with E-state index in [4.69, 9.17) is 9.97 Å². The Morgan fingerprint density at radius 1 is 0.758 bits per heavy atom. The Balaban J connectivity index is 1.48.